The van der Waals surface area contributed by atoms with Crippen LogP contribution in [-0.2, 0) is 6.54 Å². The maximum atomic E-state index is 4.68. The molecule has 0 spiro atoms. The summed E-state index contributed by atoms with van der Waals surface area (Å²) < 4.78 is 0. The predicted octanol–water partition coefficient (Wildman–Crippen LogP) is 3.27. The molecule has 4 aromatic rings. The van der Waals surface area contributed by atoms with Gasteiger partial charge in [0.15, 0.2) is 0 Å². The molecule has 1 aromatic carbocycles. The third-order valence-electron chi connectivity index (χ3n) is 3.87. The monoisotopic (exact) mass is 304 g/mol. The highest BCUT2D eigenvalue weighted by atomic mass is 15.1. The van der Waals surface area contributed by atoms with Crippen molar-refractivity contribution in [3.8, 4) is 11.3 Å². The van der Waals surface area contributed by atoms with Gasteiger partial charge in [-0.15, -0.1) is 0 Å². The predicted molar refractivity (Wildman–Crippen MR) is 90.0 cm³/mol. The van der Waals surface area contributed by atoms with Crippen molar-refractivity contribution in [2.24, 2.45) is 0 Å². The number of pyridine rings is 1. The molecule has 0 fully saturated rings. The van der Waals surface area contributed by atoms with Crippen LogP contribution in [0.2, 0.25) is 0 Å². The van der Waals surface area contributed by atoms with Crippen molar-refractivity contribution < 1.29 is 0 Å². The van der Waals surface area contributed by atoms with Gasteiger partial charge < -0.3 is 5.32 Å². The summed E-state index contributed by atoms with van der Waals surface area (Å²) in [7, 11) is 0. The van der Waals surface area contributed by atoms with E-state index in [2.05, 4.69) is 42.8 Å². The van der Waals surface area contributed by atoms with E-state index >= 15 is 0 Å². The minimum Gasteiger partial charge on any atom is -0.379 e. The highest BCUT2D eigenvalue weighted by molar-refractivity contribution is 5.90. The van der Waals surface area contributed by atoms with Gasteiger partial charge in [-0.2, -0.15) is 10.2 Å². The van der Waals surface area contributed by atoms with Gasteiger partial charge >= 0.3 is 0 Å². The van der Waals surface area contributed by atoms with Gasteiger partial charge in [-0.3, -0.25) is 10.2 Å². The Morgan fingerprint density at radius 3 is 2.65 bits per heavy atom. The summed E-state index contributed by atoms with van der Waals surface area (Å²) in [5.41, 5.74) is 6.77. The highest BCUT2D eigenvalue weighted by Gasteiger charge is 2.10. The molecule has 6 nitrogen and oxygen atoms in total. The summed E-state index contributed by atoms with van der Waals surface area (Å²) in [5, 5.41) is 17.7. The van der Waals surface area contributed by atoms with Crippen LogP contribution in [0.15, 0.2) is 48.8 Å². The molecule has 3 N–H and O–H groups in total. The number of aromatic amines is 2. The highest BCUT2D eigenvalue weighted by Crippen LogP contribution is 2.27. The van der Waals surface area contributed by atoms with Gasteiger partial charge in [0.25, 0.3) is 0 Å². The largest absolute Gasteiger partial charge is 0.379 e. The van der Waals surface area contributed by atoms with Crippen molar-refractivity contribution in [1.29, 1.82) is 0 Å². The number of benzene rings is 1. The molecule has 0 aliphatic heterocycles. The number of anilines is 1. The van der Waals surface area contributed by atoms with E-state index in [1.54, 1.807) is 0 Å². The van der Waals surface area contributed by atoms with Crippen LogP contribution in [-0.4, -0.2) is 25.4 Å². The standard InChI is InChI=1S/C17H16N6/c1-11-13(9-19-22-11)8-18-15-7-14(12-5-3-2-4-6-12)21-16-10-20-23-17(15)16/h2-7,9-10H,8H2,1H3,(H,18,21)(H,19,22)(H,20,23). The number of fused-ring (bicyclic) bond motifs is 1. The zero-order valence-corrected chi connectivity index (χ0v) is 12.7. The first-order valence-corrected chi connectivity index (χ1v) is 7.44. The van der Waals surface area contributed by atoms with Gasteiger partial charge in [0.1, 0.15) is 11.0 Å². The average molecular weight is 304 g/mol. The lowest BCUT2D eigenvalue weighted by Crippen LogP contribution is -2.01. The van der Waals surface area contributed by atoms with Crippen LogP contribution >= 0.6 is 0 Å². The Morgan fingerprint density at radius 1 is 1.04 bits per heavy atom. The Hall–Kier alpha value is -3.15. The molecular weight excluding hydrogens is 288 g/mol. The van der Waals surface area contributed by atoms with E-state index in [4.69, 9.17) is 0 Å². The Bertz CT molecular complexity index is 938. The van der Waals surface area contributed by atoms with Crippen LogP contribution in [0.5, 0.6) is 0 Å². The zero-order valence-electron chi connectivity index (χ0n) is 12.7. The molecule has 0 unspecified atom stereocenters. The molecule has 0 aliphatic rings. The second-order valence-electron chi connectivity index (χ2n) is 5.39. The number of aryl methyl sites for hydroxylation is 1. The molecule has 0 radical (unpaired) electrons. The molecular formula is C17H16N6. The van der Waals surface area contributed by atoms with Crippen LogP contribution in [0.25, 0.3) is 22.3 Å². The zero-order chi connectivity index (χ0) is 15.6. The number of nitrogens with zero attached hydrogens (tertiary/aromatic N) is 3. The fraction of sp³-hybridized carbons (Fsp3) is 0.118. The van der Waals surface area contributed by atoms with Crippen LogP contribution in [0.4, 0.5) is 5.69 Å². The summed E-state index contributed by atoms with van der Waals surface area (Å²) in [4.78, 5) is 4.68. The molecule has 0 saturated carbocycles. The van der Waals surface area contributed by atoms with E-state index in [0.717, 1.165) is 39.2 Å². The molecule has 6 heteroatoms. The molecule has 3 heterocycles. The van der Waals surface area contributed by atoms with Crippen molar-refractivity contribution in [3.05, 3.63) is 60.0 Å². The molecule has 23 heavy (non-hydrogen) atoms. The van der Waals surface area contributed by atoms with E-state index in [1.165, 1.54) is 0 Å². The Balaban J connectivity index is 1.73. The maximum Gasteiger partial charge on any atom is 0.134 e. The van der Waals surface area contributed by atoms with Crippen LogP contribution in [0.1, 0.15) is 11.3 Å². The van der Waals surface area contributed by atoms with E-state index < -0.39 is 0 Å². The summed E-state index contributed by atoms with van der Waals surface area (Å²) >= 11 is 0. The Morgan fingerprint density at radius 2 is 1.87 bits per heavy atom. The van der Waals surface area contributed by atoms with Crippen LogP contribution in [0.3, 0.4) is 0 Å². The lowest BCUT2D eigenvalue weighted by atomic mass is 10.1. The number of hydrogen-bond donors (Lipinski definition) is 3. The number of nitrogens with one attached hydrogen (secondary N) is 3. The van der Waals surface area contributed by atoms with E-state index in [9.17, 15) is 0 Å². The minimum absolute atomic E-state index is 0.683. The first-order valence-electron chi connectivity index (χ1n) is 7.44. The molecule has 0 bridgehead atoms. The second-order valence-corrected chi connectivity index (χ2v) is 5.39. The Kier molecular flexibility index (Phi) is 3.27. The summed E-state index contributed by atoms with van der Waals surface area (Å²) in [6.45, 7) is 2.67. The van der Waals surface area contributed by atoms with Crippen molar-refractivity contribution >= 4 is 16.7 Å². The summed E-state index contributed by atoms with van der Waals surface area (Å²) in [6.07, 6.45) is 3.72. The quantitative estimate of drug-likeness (QED) is 0.540. The van der Waals surface area contributed by atoms with Gasteiger partial charge in [0.05, 0.1) is 17.1 Å². The van der Waals surface area contributed by atoms with Crippen molar-refractivity contribution in [1.82, 2.24) is 25.4 Å². The first-order chi connectivity index (χ1) is 11.3. The third kappa shape index (κ3) is 2.55. The normalized spacial score (nSPS) is 11.0. The van der Waals surface area contributed by atoms with Crippen molar-refractivity contribution in [3.63, 3.8) is 0 Å². The lowest BCUT2D eigenvalue weighted by Gasteiger charge is -2.09. The second kappa shape index (κ2) is 5.57. The minimum atomic E-state index is 0.683. The molecule has 0 atom stereocenters. The van der Waals surface area contributed by atoms with Crippen molar-refractivity contribution in [2.45, 2.75) is 13.5 Å². The molecule has 114 valence electrons. The third-order valence-corrected chi connectivity index (χ3v) is 3.87. The molecule has 4 rings (SSSR count). The molecule has 3 aromatic heterocycles. The van der Waals surface area contributed by atoms with Gasteiger partial charge in [-0.1, -0.05) is 30.3 Å². The number of rotatable bonds is 4. The first kappa shape index (κ1) is 13.5. The Labute approximate surface area is 133 Å². The fourth-order valence-electron chi connectivity index (χ4n) is 2.58. The number of H-pyrrole nitrogens is 2. The van der Waals surface area contributed by atoms with Gasteiger partial charge in [0.2, 0.25) is 0 Å². The summed E-state index contributed by atoms with van der Waals surface area (Å²) in [5.74, 6) is 0. The summed E-state index contributed by atoms with van der Waals surface area (Å²) in [6, 6.07) is 12.2. The van der Waals surface area contributed by atoms with E-state index in [0.29, 0.717) is 6.54 Å². The van der Waals surface area contributed by atoms with E-state index in [-0.39, 0.29) is 0 Å². The topological polar surface area (TPSA) is 82.3 Å². The fourth-order valence-corrected chi connectivity index (χ4v) is 2.58. The molecule has 0 amide bonds. The lowest BCUT2D eigenvalue weighted by molar-refractivity contribution is 1.04. The number of aromatic nitrogens is 5. The molecule has 0 aliphatic carbocycles. The van der Waals surface area contributed by atoms with Crippen molar-refractivity contribution in [2.75, 3.05) is 5.32 Å². The van der Waals surface area contributed by atoms with Gasteiger partial charge in [-0.05, 0) is 13.0 Å². The number of hydrogen-bond acceptors (Lipinski definition) is 4. The smallest absolute Gasteiger partial charge is 0.134 e. The van der Waals surface area contributed by atoms with Gasteiger partial charge in [0, 0.05) is 30.1 Å². The maximum absolute atomic E-state index is 4.68. The van der Waals surface area contributed by atoms with Crippen LogP contribution < -0.4 is 5.32 Å². The average Bonchev–Trinajstić information content (AvgIpc) is 3.22. The molecule has 0 saturated heterocycles. The van der Waals surface area contributed by atoms with Gasteiger partial charge in [-0.25, -0.2) is 4.98 Å². The SMILES string of the molecule is Cc1n[nH]cc1CNc1cc(-c2ccccc2)nc2c[nH]nc12. The van der Waals surface area contributed by atoms with Crippen LogP contribution in [0, 0.1) is 6.92 Å². The van der Waals surface area contributed by atoms with E-state index in [1.807, 2.05) is 43.6 Å².